The molecule has 0 aliphatic carbocycles. The number of nitrogens with zero attached hydrogens (tertiary/aromatic N) is 1. The van der Waals surface area contributed by atoms with Gasteiger partial charge < -0.3 is 5.32 Å². The first kappa shape index (κ1) is 15.3. The fourth-order valence-electron chi connectivity index (χ4n) is 1.17. The van der Waals surface area contributed by atoms with Gasteiger partial charge in [-0.2, -0.15) is 0 Å². The van der Waals surface area contributed by atoms with Crippen LogP contribution in [0.3, 0.4) is 0 Å². The molecule has 0 aliphatic heterocycles. The number of nitrogens with one attached hydrogen (secondary N) is 1. The van der Waals surface area contributed by atoms with Gasteiger partial charge in [-0.05, 0) is 6.92 Å². The van der Waals surface area contributed by atoms with Gasteiger partial charge in [-0.3, -0.25) is 9.00 Å². The van der Waals surface area contributed by atoms with Crippen molar-refractivity contribution in [1.29, 1.82) is 0 Å². The van der Waals surface area contributed by atoms with Crippen molar-refractivity contribution in [3.8, 4) is 0 Å². The van der Waals surface area contributed by atoms with Crippen LogP contribution >= 0.6 is 11.3 Å². The van der Waals surface area contributed by atoms with Crippen LogP contribution in [0.2, 0.25) is 0 Å². The van der Waals surface area contributed by atoms with Crippen LogP contribution in [0, 0.1) is 0 Å². The van der Waals surface area contributed by atoms with E-state index >= 15 is 0 Å². The fourth-order valence-corrected chi connectivity index (χ4v) is 2.37. The third kappa shape index (κ3) is 4.17. The molecule has 0 spiro atoms. The molecule has 1 heterocycles. The molecule has 4 nitrogen and oxygen atoms in total. The molecule has 18 heavy (non-hydrogen) atoms. The van der Waals surface area contributed by atoms with Crippen LogP contribution < -0.4 is 5.32 Å². The molecule has 102 valence electrons. The molecule has 0 fully saturated rings. The molecular formula is C12H20N2O2S2. The minimum atomic E-state index is -0.925. The zero-order valence-electron chi connectivity index (χ0n) is 11.4. The summed E-state index contributed by atoms with van der Waals surface area (Å²) in [6.07, 6.45) is 1.64. The van der Waals surface area contributed by atoms with Crippen molar-refractivity contribution in [2.45, 2.75) is 38.4 Å². The summed E-state index contributed by atoms with van der Waals surface area (Å²) in [6.45, 7) is 8.45. The summed E-state index contributed by atoms with van der Waals surface area (Å²) in [5, 5.41) is 5.42. The van der Waals surface area contributed by atoms with Crippen molar-refractivity contribution < 1.29 is 9.00 Å². The molecule has 1 amide bonds. The van der Waals surface area contributed by atoms with Gasteiger partial charge in [0.1, 0.15) is 5.69 Å². The standard InChI is InChI=1S/C12H20N2O2S2/c1-8(18(5)16)6-13-10(15)9-7-17-11(14-9)12(2,3)4/h7-8H,6H2,1-5H3,(H,13,15)/t8-,18+/m1/s1. The number of carbonyl (C=O) groups excluding carboxylic acids is 1. The maximum atomic E-state index is 11.8. The van der Waals surface area contributed by atoms with Gasteiger partial charge in [0.05, 0.1) is 5.01 Å². The average Bonchev–Trinajstić information content (AvgIpc) is 2.73. The predicted octanol–water partition coefficient (Wildman–Crippen LogP) is 1.94. The highest BCUT2D eigenvalue weighted by Crippen LogP contribution is 2.25. The van der Waals surface area contributed by atoms with Gasteiger partial charge in [-0.15, -0.1) is 11.3 Å². The first-order valence-electron chi connectivity index (χ1n) is 5.78. The highest BCUT2D eigenvalue weighted by atomic mass is 32.2. The first-order valence-corrected chi connectivity index (χ1v) is 8.28. The second kappa shape index (κ2) is 5.93. The van der Waals surface area contributed by atoms with E-state index < -0.39 is 10.8 Å². The fraction of sp³-hybridized carbons (Fsp3) is 0.667. The third-order valence-corrected chi connectivity index (χ3v) is 5.06. The van der Waals surface area contributed by atoms with Crippen LogP contribution in [0.15, 0.2) is 5.38 Å². The molecule has 0 aliphatic rings. The van der Waals surface area contributed by atoms with Crippen LogP contribution in [0.25, 0.3) is 0 Å². The van der Waals surface area contributed by atoms with Gasteiger partial charge in [0.25, 0.3) is 5.91 Å². The number of hydrogen-bond donors (Lipinski definition) is 1. The molecule has 0 saturated carbocycles. The lowest BCUT2D eigenvalue weighted by atomic mass is 9.98. The smallest absolute Gasteiger partial charge is 0.270 e. The Hall–Kier alpha value is -0.750. The molecule has 1 rings (SSSR count). The number of thiazole rings is 1. The van der Waals surface area contributed by atoms with Gasteiger partial charge >= 0.3 is 0 Å². The summed E-state index contributed by atoms with van der Waals surface area (Å²) < 4.78 is 11.2. The summed E-state index contributed by atoms with van der Waals surface area (Å²) >= 11 is 1.49. The Bertz CT molecular complexity index is 449. The summed E-state index contributed by atoms with van der Waals surface area (Å²) in [4.78, 5) is 16.2. The van der Waals surface area contributed by atoms with Crippen LogP contribution in [0.4, 0.5) is 0 Å². The van der Waals surface area contributed by atoms with E-state index in [1.807, 2.05) is 6.92 Å². The molecule has 2 atom stereocenters. The molecule has 1 aromatic rings. The van der Waals surface area contributed by atoms with Gasteiger partial charge in [0, 0.05) is 39.6 Å². The average molecular weight is 288 g/mol. The Balaban J connectivity index is 2.63. The molecule has 6 heteroatoms. The van der Waals surface area contributed by atoms with Crippen LogP contribution in [0.1, 0.15) is 43.2 Å². The van der Waals surface area contributed by atoms with E-state index in [0.717, 1.165) is 5.01 Å². The summed E-state index contributed by atoms with van der Waals surface area (Å²) in [6, 6.07) is 0. The highest BCUT2D eigenvalue weighted by molar-refractivity contribution is 7.84. The molecular weight excluding hydrogens is 268 g/mol. The minimum absolute atomic E-state index is 0.0403. The number of amides is 1. The van der Waals surface area contributed by atoms with Crippen molar-refractivity contribution >= 4 is 28.0 Å². The zero-order valence-corrected chi connectivity index (χ0v) is 13.1. The van der Waals surface area contributed by atoms with E-state index in [9.17, 15) is 9.00 Å². The second-order valence-electron chi connectivity index (χ2n) is 5.31. The van der Waals surface area contributed by atoms with Gasteiger partial charge in [-0.25, -0.2) is 4.98 Å². The van der Waals surface area contributed by atoms with Crippen molar-refractivity contribution in [2.24, 2.45) is 0 Å². The highest BCUT2D eigenvalue weighted by Gasteiger charge is 2.20. The quantitative estimate of drug-likeness (QED) is 0.921. The van der Waals surface area contributed by atoms with E-state index in [2.05, 4.69) is 31.1 Å². The normalized spacial score (nSPS) is 15.2. The third-order valence-electron chi connectivity index (χ3n) is 2.50. The topological polar surface area (TPSA) is 59.1 Å². The van der Waals surface area contributed by atoms with Gasteiger partial charge in [0.15, 0.2) is 0 Å². The lowest BCUT2D eigenvalue weighted by molar-refractivity contribution is 0.0949. The van der Waals surface area contributed by atoms with E-state index in [1.165, 1.54) is 11.3 Å². The number of aromatic nitrogens is 1. The summed E-state index contributed by atoms with van der Waals surface area (Å²) in [7, 11) is -0.925. The molecule has 0 unspecified atom stereocenters. The Labute approximate surface area is 115 Å². The summed E-state index contributed by atoms with van der Waals surface area (Å²) in [5.74, 6) is -0.195. The Kier molecular flexibility index (Phi) is 5.04. The van der Waals surface area contributed by atoms with Crippen molar-refractivity contribution in [2.75, 3.05) is 12.8 Å². The summed E-state index contributed by atoms with van der Waals surface area (Å²) in [5.41, 5.74) is 0.403. The van der Waals surface area contributed by atoms with E-state index in [4.69, 9.17) is 0 Å². The Morgan fingerprint density at radius 1 is 1.56 bits per heavy atom. The maximum absolute atomic E-state index is 11.8. The molecule has 1 N–H and O–H groups in total. The minimum Gasteiger partial charge on any atom is -0.349 e. The molecule has 0 bridgehead atoms. The van der Waals surface area contributed by atoms with Crippen LogP contribution in [0.5, 0.6) is 0 Å². The van der Waals surface area contributed by atoms with Gasteiger partial charge in [-0.1, -0.05) is 20.8 Å². The largest absolute Gasteiger partial charge is 0.349 e. The number of rotatable bonds is 4. The molecule has 0 aromatic carbocycles. The Morgan fingerprint density at radius 2 is 2.17 bits per heavy atom. The van der Waals surface area contributed by atoms with Crippen LogP contribution in [-0.4, -0.2) is 33.2 Å². The SMILES string of the molecule is C[C@H](CNC(=O)c1csc(C(C)(C)C)n1)[S@](C)=O. The van der Waals surface area contributed by atoms with E-state index in [0.29, 0.717) is 12.2 Å². The molecule has 1 aromatic heterocycles. The lowest BCUT2D eigenvalue weighted by Crippen LogP contribution is -2.32. The first-order chi connectivity index (χ1) is 8.21. The monoisotopic (exact) mass is 288 g/mol. The predicted molar refractivity (Wildman–Crippen MR) is 76.7 cm³/mol. The van der Waals surface area contributed by atoms with Crippen molar-refractivity contribution in [3.63, 3.8) is 0 Å². The molecule has 0 saturated heterocycles. The number of carbonyl (C=O) groups is 1. The van der Waals surface area contributed by atoms with E-state index in [1.54, 1.807) is 11.6 Å². The number of hydrogen-bond acceptors (Lipinski definition) is 4. The second-order valence-corrected chi connectivity index (χ2v) is 7.97. The van der Waals surface area contributed by atoms with E-state index in [-0.39, 0.29) is 16.6 Å². The van der Waals surface area contributed by atoms with Gasteiger partial charge in [0.2, 0.25) is 0 Å². The zero-order chi connectivity index (χ0) is 13.9. The van der Waals surface area contributed by atoms with Crippen molar-refractivity contribution in [1.82, 2.24) is 10.3 Å². The molecule has 0 radical (unpaired) electrons. The maximum Gasteiger partial charge on any atom is 0.270 e. The van der Waals surface area contributed by atoms with Crippen molar-refractivity contribution in [3.05, 3.63) is 16.1 Å². The Morgan fingerprint density at radius 3 is 2.61 bits per heavy atom. The van der Waals surface area contributed by atoms with Crippen LogP contribution in [-0.2, 0) is 16.2 Å². The lowest BCUT2D eigenvalue weighted by Gasteiger charge is -2.13.